The normalized spacial score (nSPS) is 24.9. The second kappa shape index (κ2) is 4.23. The molecule has 1 aliphatic heterocycles. The molecule has 1 aliphatic rings. The molecule has 1 aromatic rings. The fourth-order valence-corrected chi connectivity index (χ4v) is 4.93. The van der Waals surface area contributed by atoms with Crippen LogP contribution < -0.4 is 4.90 Å². The molecular formula is C13H17NO4S. The molecule has 2 rings (SSSR count). The Morgan fingerprint density at radius 1 is 1.32 bits per heavy atom. The van der Waals surface area contributed by atoms with E-state index in [1.807, 2.05) is 6.92 Å². The van der Waals surface area contributed by atoms with Gasteiger partial charge in [0.15, 0.2) is 15.1 Å². The molecule has 0 fully saturated rings. The van der Waals surface area contributed by atoms with Crippen LogP contribution in [0.15, 0.2) is 17.0 Å². The number of anilines is 1. The number of carboxylic acids is 1. The average Bonchev–Trinajstić information content (AvgIpc) is 2.23. The van der Waals surface area contributed by atoms with Gasteiger partial charge in [-0.2, -0.15) is 0 Å². The maximum Gasteiger partial charge on any atom is 0.324 e. The number of aliphatic carboxylic acids is 1. The molecule has 104 valence electrons. The van der Waals surface area contributed by atoms with E-state index in [1.165, 1.54) is 0 Å². The number of carboxylic acid groups (broad SMARTS) is 1. The Labute approximate surface area is 112 Å². The number of sulfone groups is 1. The zero-order valence-electron chi connectivity index (χ0n) is 11.3. The van der Waals surface area contributed by atoms with Crippen LogP contribution in [0.1, 0.15) is 18.1 Å². The topological polar surface area (TPSA) is 74.7 Å². The first-order valence-electron chi connectivity index (χ1n) is 5.98. The van der Waals surface area contributed by atoms with Gasteiger partial charge >= 0.3 is 5.97 Å². The van der Waals surface area contributed by atoms with Crippen molar-refractivity contribution in [2.75, 3.05) is 11.9 Å². The minimum Gasteiger partial charge on any atom is -0.480 e. The number of benzene rings is 1. The van der Waals surface area contributed by atoms with Crippen molar-refractivity contribution in [1.82, 2.24) is 0 Å². The van der Waals surface area contributed by atoms with E-state index in [0.717, 1.165) is 5.56 Å². The van der Waals surface area contributed by atoms with Gasteiger partial charge in [0.05, 0.1) is 16.6 Å². The average molecular weight is 283 g/mol. The van der Waals surface area contributed by atoms with Crippen LogP contribution >= 0.6 is 0 Å². The summed E-state index contributed by atoms with van der Waals surface area (Å²) in [4.78, 5) is 13.2. The van der Waals surface area contributed by atoms with E-state index in [-0.39, 0.29) is 4.90 Å². The van der Waals surface area contributed by atoms with Crippen molar-refractivity contribution in [2.24, 2.45) is 0 Å². The lowest BCUT2D eigenvalue weighted by atomic mass is 10.1. The van der Waals surface area contributed by atoms with Crippen LogP contribution in [0.3, 0.4) is 0 Å². The standard InChI is InChI=1S/C13H17NO4S/c1-7-5-8(2)11-10(6-7)14(4)9(3)12(13(15)16)19(11,17)18/h5-6,9,12H,1-4H3,(H,15,16). The number of hydrogen-bond acceptors (Lipinski definition) is 4. The van der Waals surface area contributed by atoms with E-state index >= 15 is 0 Å². The third-order valence-electron chi connectivity index (χ3n) is 3.69. The van der Waals surface area contributed by atoms with Crippen LogP contribution in [0.5, 0.6) is 0 Å². The number of carbonyl (C=O) groups is 1. The lowest BCUT2D eigenvalue weighted by molar-refractivity contribution is -0.136. The zero-order valence-corrected chi connectivity index (χ0v) is 12.2. The molecular weight excluding hydrogens is 266 g/mol. The molecule has 0 saturated heterocycles. The fraction of sp³-hybridized carbons (Fsp3) is 0.462. The number of fused-ring (bicyclic) bond motifs is 1. The third-order valence-corrected chi connectivity index (χ3v) is 6.05. The maximum atomic E-state index is 12.5. The summed E-state index contributed by atoms with van der Waals surface area (Å²) < 4.78 is 25.1. The molecule has 0 bridgehead atoms. The Balaban J connectivity index is 2.83. The van der Waals surface area contributed by atoms with Crippen molar-refractivity contribution in [3.8, 4) is 0 Å². The van der Waals surface area contributed by atoms with E-state index in [1.54, 1.807) is 37.9 Å². The van der Waals surface area contributed by atoms with Gasteiger partial charge in [0, 0.05) is 7.05 Å². The van der Waals surface area contributed by atoms with Crippen molar-refractivity contribution in [2.45, 2.75) is 37.0 Å². The van der Waals surface area contributed by atoms with Crippen molar-refractivity contribution in [3.05, 3.63) is 23.3 Å². The predicted octanol–water partition coefficient (Wildman–Crippen LogP) is 1.37. The third kappa shape index (κ3) is 1.90. The molecule has 1 N–H and O–H groups in total. The van der Waals surface area contributed by atoms with Gasteiger partial charge in [-0.3, -0.25) is 4.79 Å². The number of hydrogen-bond donors (Lipinski definition) is 1. The van der Waals surface area contributed by atoms with Gasteiger partial charge in [-0.05, 0) is 38.0 Å². The summed E-state index contributed by atoms with van der Waals surface area (Å²) in [5.41, 5.74) is 2.14. The largest absolute Gasteiger partial charge is 0.480 e. The molecule has 6 heteroatoms. The Morgan fingerprint density at radius 2 is 1.89 bits per heavy atom. The first-order valence-corrected chi connectivity index (χ1v) is 7.53. The predicted molar refractivity (Wildman–Crippen MR) is 72.4 cm³/mol. The van der Waals surface area contributed by atoms with Crippen molar-refractivity contribution in [3.63, 3.8) is 0 Å². The van der Waals surface area contributed by atoms with E-state index < -0.39 is 27.1 Å². The summed E-state index contributed by atoms with van der Waals surface area (Å²) >= 11 is 0. The smallest absolute Gasteiger partial charge is 0.324 e. The molecule has 0 saturated carbocycles. The number of rotatable bonds is 1. The monoisotopic (exact) mass is 283 g/mol. The minimum absolute atomic E-state index is 0.145. The van der Waals surface area contributed by atoms with Gasteiger partial charge in [0.25, 0.3) is 0 Å². The van der Waals surface area contributed by atoms with Crippen LogP contribution in [-0.2, 0) is 14.6 Å². The summed E-state index contributed by atoms with van der Waals surface area (Å²) in [5, 5.41) is 7.80. The highest BCUT2D eigenvalue weighted by Crippen LogP contribution is 2.39. The van der Waals surface area contributed by atoms with Crippen LogP contribution in [0, 0.1) is 13.8 Å². The molecule has 0 amide bonds. The molecule has 0 aromatic heterocycles. The first kappa shape index (κ1) is 13.9. The molecule has 0 spiro atoms. The minimum atomic E-state index is -3.85. The lowest BCUT2D eigenvalue weighted by Crippen LogP contribution is -2.52. The van der Waals surface area contributed by atoms with Crippen LogP contribution in [0.25, 0.3) is 0 Å². The lowest BCUT2D eigenvalue weighted by Gasteiger charge is -2.38. The van der Waals surface area contributed by atoms with Crippen molar-refractivity contribution >= 4 is 21.5 Å². The Kier molecular flexibility index (Phi) is 3.09. The van der Waals surface area contributed by atoms with Crippen LogP contribution in [-0.4, -0.2) is 37.8 Å². The van der Waals surface area contributed by atoms with Crippen molar-refractivity contribution < 1.29 is 18.3 Å². The molecule has 1 heterocycles. The van der Waals surface area contributed by atoms with Crippen LogP contribution in [0.2, 0.25) is 0 Å². The van der Waals surface area contributed by atoms with Gasteiger partial charge in [-0.15, -0.1) is 0 Å². The highest BCUT2D eigenvalue weighted by Gasteiger charge is 2.46. The van der Waals surface area contributed by atoms with Crippen molar-refractivity contribution in [1.29, 1.82) is 0 Å². The quantitative estimate of drug-likeness (QED) is 0.842. The SMILES string of the molecule is Cc1cc(C)c2c(c1)N(C)C(C)C(C(=O)O)S2(=O)=O. The van der Waals surface area contributed by atoms with Gasteiger partial charge in [0.1, 0.15) is 0 Å². The van der Waals surface area contributed by atoms with Gasteiger partial charge in [-0.25, -0.2) is 8.42 Å². The summed E-state index contributed by atoms with van der Waals surface area (Å²) in [6.07, 6.45) is 0. The van der Waals surface area contributed by atoms with Gasteiger partial charge < -0.3 is 10.0 Å². The highest BCUT2D eigenvalue weighted by molar-refractivity contribution is 7.93. The molecule has 2 unspecified atom stereocenters. The first-order chi connectivity index (χ1) is 8.67. The second-order valence-corrected chi connectivity index (χ2v) is 7.09. The highest BCUT2D eigenvalue weighted by atomic mass is 32.2. The molecule has 19 heavy (non-hydrogen) atoms. The van der Waals surface area contributed by atoms with E-state index in [4.69, 9.17) is 0 Å². The Hall–Kier alpha value is -1.56. The maximum absolute atomic E-state index is 12.5. The molecule has 0 aliphatic carbocycles. The Morgan fingerprint density at radius 3 is 2.42 bits per heavy atom. The molecule has 1 aromatic carbocycles. The molecule has 5 nitrogen and oxygen atoms in total. The molecule has 2 atom stereocenters. The second-order valence-electron chi connectivity index (χ2n) is 5.09. The van der Waals surface area contributed by atoms with E-state index in [0.29, 0.717) is 11.3 Å². The van der Waals surface area contributed by atoms with Gasteiger partial charge in [-0.1, -0.05) is 6.07 Å². The van der Waals surface area contributed by atoms with E-state index in [9.17, 15) is 18.3 Å². The zero-order chi connectivity index (χ0) is 14.5. The Bertz CT molecular complexity index is 651. The number of nitrogens with zero attached hydrogens (tertiary/aromatic N) is 1. The summed E-state index contributed by atoms with van der Waals surface area (Å²) in [5.74, 6) is -1.30. The summed E-state index contributed by atoms with van der Waals surface area (Å²) in [7, 11) is -2.12. The summed E-state index contributed by atoms with van der Waals surface area (Å²) in [6.45, 7) is 5.21. The molecule has 0 radical (unpaired) electrons. The number of aryl methyl sites for hydroxylation is 2. The fourth-order valence-electron chi connectivity index (χ4n) is 2.71. The van der Waals surface area contributed by atoms with E-state index in [2.05, 4.69) is 0 Å². The summed E-state index contributed by atoms with van der Waals surface area (Å²) in [6, 6.07) is 2.95. The van der Waals surface area contributed by atoms with Crippen LogP contribution in [0.4, 0.5) is 5.69 Å². The van der Waals surface area contributed by atoms with Gasteiger partial charge in [0.2, 0.25) is 0 Å².